The second kappa shape index (κ2) is 4.64. The maximum absolute atomic E-state index is 11.9. The molecule has 0 radical (unpaired) electrons. The van der Waals surface area contributed by atoms with Crippen molar-refractivity contribution >= 4 is 21.8 Å². The Morgan fingerprint density at radius 3 is 2.82 bits per heavy atom. The summed E-state index contributed by atoms with van der Waals surface area (Å²) in [4.78, 5) is 25.5. The molecule has 4 nitrogen and oxygen atoms in total. The van der Waals surface area contributed by atoms with Crippen molar-refractivity contribution in [3.8, 4) is 0 Å². The van der Waals surface area contributed by atoms with E-state index in [-0.39, 0.29) is 18.0 Å². The van der Waals surface area contributed by atoms with E-state index in [4.69, 9.17) is 0 Å². The van der Waals surface area contributed by atoms with Gasteiger partial charge < -0.3 is 9.47 Å². The van der Waals surface area contributed by atoms with Crippen molar-refractivity contribution in [1.82, 2.24) is 9.47 Å². The van der Waals surface area contributed by atoms with Crippen LogP contribution in [0.3, 0.4) is 0 Å². The third-order valence-electron chi connectivity index (χ3n) is 3.03. The average molecular weight is 299 g/mol. The highest BCUT2D eigenvalue weighted by Crippen LogP contribution is 2.25. The van der Waals surface area contributed by atoms with Crippen LogP contribution in [0.1, 0.15) is 18.4 Å². The lowest BCUT2D eigenvalue weighted by Crippen LogP contribution is -2.35. The molecule has 17 heavy (non-hydrogen) atoms. The molecule has 0 aliphatic heterocycles. The van der Waals surface area contributed by atoms with Crippen molar-refractivity contribution in [3.63, 3.8) is 0 Å². The fourth-order valence-corrected chi connectivity index (χ4v) is 2.37. The second-order valence-electron chi connectivity index (χ2n) is 4.51. The van der Waals surface area contributed by atoms with Gasteiger partial charge in [-0.25, -0.2) is 0 Å². The highest BCUT2D eigenvalue weighted by Gasteiger charge is 2.29. The summed E-state index contributed by atoms with van der Waals surface area (Å²) in [6.07, 6.45) is 3.82. The van der Waals surface area contributed by atoms with E-state index in [2.05, 4.69) is 15.9 Å². The van der Waals surface area contributed by atoms with Crippen LogP contribution < -0.4 is 5.56 Å². The molecule has 0 bridgehead atoms. The van der Waals surface area contributed by atoms with Crippen molar-refractivity contribution in [2.45, 2.75) is 32.4 Å². The van der Waals surface area contributed by atoms with Crippen LogP contribution >= 0.6 is 15.9 Å². The zero-order valence-corrected chi connectivity index (χ0v) is 11.5. The third kappa shape index (κ3) is 2.77. The van der Waals surface area contributed by atoms with Gasteiger partial charge in [0.15, 0.2) is 0 Å². The van der Waals surface area contributed by atoms with Gasteiger partial charge in [-0.05, 0) is 41.8 Å². The van der Waals surface area contributed by atoms with Crippen molar-refractivity contribution < 1.29 is 4.79 Å². The summed E-state index contributed by atoms with van der Waals surface area (Å²) in [6, 6.07) is 2.14. The van der Waals surface area contributed by atoms with E-state index in [1.165, 1.54) is 4.57 Å². The van der Waals surface area contributed by atoms with E-state index in [1.807, 2.05) is 0 Å². The zero-order chi connectivity index (χ0) is 12.6. The second-order valence-corrected chi connectivity index (χ2v) is 5.43. The number of aromatic nitrogens is 1. The summed E-state index contributed by atoms with van der Waals surface area (Å²) in [5.41, 5.74) is 0.534. The molecule has 1 fully saturated rings. The number of carbonyl (C=O) groups is 1. The van der Waals surface area contributed by atoms with Crippen molar-refractivity contribution in [3.05, 3.63) is 32.7 Å². The van der Waals surface area contributed by atoms with Gasteiger partial charge in [0, 0.05) is 29.3 Å². The number of aryl methyl sites for hydroxylation is 1. The third-order valence-corrected chi connectivity index (χ3v) is 3.46. The van der Waals surface area contributed by atoms with Gasteiger partial charge >= 0.3 is 0 Å². The number of halogens is 1. The van der Waals surface area contributed by atoms with Crippen molar-refractivity contribution in [2.24, 2.45) is 0 Å². The largest absolute Gasteiger partial charge is 0.341 e. The standard InChI is InChI=1S/C12H15BrN2O2/c1-8-5-9(13)6-15(12(8)17)7-11(16)14(2)10-3-4-10/h5-6,10H,3-4,7H2,1-2H3. The average Bonchev–Trinajstić information content (AvgIpc) is 3.07. The smallest absolute Gasteiger partial charge is 0.253 e. The molecule has 92 valence electrons. The molecule has 1 saturated carbocycles. The van der Waals surface area contributed by atoms with E-state index in [0.29, 0.717) is 11.6 Å². The summed E-state index contributed by atoms with van der Waals surface area (Å²) < 4.78 is 2.28. The first-order valence-electron chi connectivity index (χ1n) is 5.61. The van der Waals surface area contributed by atoms with Gasteiger partial charge in [0.1, 0.15) is 6.54 Å². The molecule has 1 aliphatic rings. The minimum Gasteiger partial charge on any atom is -0.341 e. The number of likely N-dealkylation sites (N-methyl/N-ethyl adjacent to an activating group) is 1. The quantitative estimate of drug-likeness (QED) is 0.849. The molecular formula is C12H15BrN2O2. The molecule has 5 heteroatoms. The van der Waals surface area contributed by atoms with Crippen molar-refractivity contribution in [2.75, 3.05) is 7.05 Å². The van der Waals surface area contributed by atoms with Crippen molar-refractivity contribution in [1.29, 1.82) is 0 Å². The van der Waals surface area contributed by atoms with Gasteiger partial charge in [0.05, 0.1) is 0 Å². The van der Waals surface area contributed by atoms with Gasteiger partial charge in [-0.3, -0.25) is 9.59 Å². The van der Waals surface area contributed by atoms with Gasteiger partial charge in [-0.1, -0.05) is 0 Å². The number of nitrogens with zero attached hydrogens (tertiary/aromatic N) is 2. The number of hydrogen-bond acceptors (Lipinski definition) is 2. The van der Waals surface area contributed by atoms with Crippen LogP contribution in [0.15, 0.2) is 21.5 Å². The lowest BCUT2D eigenvalue weighted by Gasteiger charge is -2.17. The summed E-state index contributed by atoms with van der Waals surface area (Å²) in [5.74, 6) is -0.00731. The fourth-order valence-electron chi connectivity index (χ4n) is 1.78. The van der Waals surface area contributed by atoms with E-state index in [1.54, 1.807) is 31.1 Å². The Bertz CT molecular complexity index is 506. The number of amides is 1. The minimum atomic E-state index is -0.106. The van der Waals surface area contributed by atoms with Gasteiger partial charge in [-0.2, -0.15) is 0 Å². The summed E-state index contributed by atoms with van der Waals surface area (Å²) in [5, 5.41) is 0. The van der Waals surface area contributed by atoms with Crippen LogP contribution in [0, 0.1) is 6.92 Å². The molecule has 0 atom stereocenters. The Balaban J connectivity index is 2.18. The highest BCUT2D eigenvalue weighted by atomic mass is 79.9. The van der Waals surface area contributed by atoms with E-state index >= 15 is 0 Å². The monoisotopic (exact) mass is 298 g/mol. The number of hydrogen-bond donors (Lipinski definition) is 0. The maximum atomic E-state index is 11.9. The van der Waals surface area contributed by atoms with E-state index in [9.17, 15) is 9.59 Å². The van der Waals surface area contributed by atoms with Gasteiger partial charge in [-0.15, -0.1) is 0 Å². The fraction of sp³-hybridized carbons (Fsp3) is 0.500. The number of pyridine rings is 1. The van der Waals surface area contributed by atoms with Crippen LogP contribution in [0.5, 0.6) is 0 Å². The molecule has 0 saturated heterocycles. The Kier molecular flexibility index (Phi) is 3.38. The SMILES string of the molecule is Cc1cc(Br)cn(CC(=O)N(C)C2CC2)c1=O. The summed E-state index contributed by atoms with van der Waals surface area (Å²) in [6.45, 7) is 1.87. The number of carbonyl (C=O) groups excluding carboxylic acids is 1. The molecule has 0 unspecified atom stereocenters. The van der Waals surface area contributed by atoms with Crippen LogP contribution in [0.2, 0.25) is 0 Å². The molecule has 1 aromatic rings. The lowest BCUT2D eigenvalue weighted by molar-refractivity contribution is -0.131. The predicted octanol–water partition coefficient (Wildman–Crippen LogP) is 1.54. The van der Waals surface area contributed by atoms with Crippen LogP contribution in [0.4, 0.5) is 0 Å². The Morgan fingerprint density at radius 2 is 2.24 bits per heavy atom. The molecule has 0 N–H and O–H groups in total. The summed E-state index contributed by atoms with van der Waals surface area (Å²) in [7, 11) is 1.80. The van der Waals surface area contributed by atoms with Gasteiger partial charge in [0.25, 0.3) is 5.56 Å². The summed E-state index contributed by atoms with van der Waals surface area (Å²) >= 11 is 3.33. The van der Waals surface area contributed by atoms with Gasteiger partial charge in [0.2, 0.25) is 5.91 Å². The first kappa shape index (κ1) is 12.4. The predicted molar refractivity (Wildman–Crippen MR) is 68.9 cm³/mol. The highest BCUT2D eigenvalue weighted by molar-refractivity contribution is 9.10. The topological polar surface area (TPSA) is 42.3 Å². The van der Waals surface area contributed by atoms with Crippen LogP contribution in [-0.2, 0) is 11.3 Å². The Hall–Kier alpha value is -1.10. The maximum Gasteiger partial charge on any atom is 0.253 e. The lowest BCUT2D eigenvalue weighted by atomic mass is 10.3. The zero-order valence-electron chi connectivity index (χ0n) is 9.94. The molecule has 2 rings (SSSR count). The molecule has 0 spiro atoms. The molecule has 1 amide bonds. The first-order valence-corrected chi connectivity index (χ1v) is 6.40. The molecule has 1 aliphatic carbocycles. The van der Waals surface area contributed by atoms with E-state index in [0.717, 1.165) is 17.3 Å². The van der Waals surface area contributed by atoms with Crippen LogP contribution in [-0.4, -0.2) is 28.5 Å². The minimum absolute atomic E-state index is 0.00731. The number of rotatable bonds is 3. The molecule has 0 aromatic carbocycles. The van der Waals surface area contributed by atoms with E-state index < -0.39 is 0 Å². The Morgan fingerprint density at radius 1 is 1.59 bits per heavy atom. The molecule has 1 heterocycles. The molecule has 1 aromatic heterocycles. The molecular weight excluding hydrogens is 284 g/mol. The normalized spacial score (nSPS) is 14.8. The van der Waals surface area contributed by atoms with Crippen LogP contribution in [0.25, 0.3) is 0 Å². The Labute approximate surface area is 108 Å². The first-order chi connectivity index (χ1) is 7.99.